The Morgan fingerprint density at radius 3 is 2.49 bits per heavy atom. The van der Waals surface area contributed by atoms with Crippen molar-refractivity contribution in [3.8, 4) is 5.75 Å². The van der Waals surface area contributed by atoms with Crippen LogP contribution in [0.25, 0.3) is 0 Å². The molecule has 1 aromatic heterocycles. The van der Waals surface area contributed by atoms with Crippen LogP contribution >= 0.6 is 0 Å². The van der Waals surface area contributed by atoms with Gasteiger partial charge in [-0.2, -0.15) is 0 Å². The zero-order chi connectivity index (χ0) is 24.0. The largest absolute Gasteiger partial charge is 0.497 e. The Labute approximate surface area is 207 Å². The number of fused-ring (bicyclic) bond motifs is 1. The molecule has 0 spiro atoms. The number of amides is 1. The summed E-state index contributed by atoms with van der Waals surface area (Å²) >= 11 is 0. The number of methoxy groups -OCH3 is 1. The van der Waals surface area contributed by atoms with Crippen LogP contribution in [0.3, 0.4) is 0 Å². The second kappa shape index (κ2) is 9.08. The summed E-state index contributed by atoms with van der Waals surface area (Å²) < 4.78 is 5.20. The molecule has 1 unspecified atom stereocenters. The first-order valence-corrected chi connectivity index (χ1v) is 13.2. The Bertz CT molecular complexity index is 1050. The number of anilines is 1. The molecular formula is C28H36N4O3. The van der Waals surface area contributed by atoms with Crippen LogP contribution in [-0.2, 0) is 24.2 Å². The second-order valence-corrected chi connectivity index (χ2v) is 11.4. The fraction of sp³-hybridized carbons (Fsp3) is 0.607. The number of aliphatic hydroxyl groups excluding tert-OH is 1. The molecule has 4 aliphatic carbocycles. The van der Waals surface area contributed by atoms with Gasteiger partial charge in [-0.1, -0.05) is 12.1 Å². The number of carbonyl (C=O) groups is 1. The van der Waals surface area contributed by atoms with Crippen molar-refractivity contribution >= 4 is 11.7 Å². The van der Waals surface area contributed by atoms with Crippen LogP contribution in [0.2, 0.25) is 0 Å². The third-order valence-electron chi connectivity index (χ3n) is 9.13. The van der Waals surface area contributed by atoms with Crippen LogP contribution in [-0.4, -0.2) is 52.2 Å². The number of benzene rings is 1. The Morgan fingerprint density at radius 1 is 1.14 bits per heavy atom. The number of aromatic nitrogens is 2. The fourth-order valence-corrected chi connectivity index (χ4v) is 7.74. The summed E-state index contributed by atoms with van der Waals surface area (Å²) in [7, 11) is 1.64. The minimum Gasteiger partial charge on any atom is -0.497 e. The van der Waals surface area contributed by atoms with Gasteiger partial charge in [0.15, 0.2) is 0 Å². The third-order valence-corrected chi connectivity index (χ3v) is 9.13. The maximum absolute atomic E-state index is 12.9. The molecule has 35 heavy (non-hydrogen) atoms. The summed E-state index contributed by atoms with van der Waals surface area (Å²) in [6.07, 6.45) is 10.0. The number of carbonyl (C=O) groups excluding carboxylic acids is 1. The summed E-state index contributed by atoms with van der Waals surface area (Å²) in [6, 6.07) is 7.65. The number of hydrogen-bond acceptors (Lipinski definition) is 6. The molecule has 7 nitrogen and oxygen atoms in total. The van der Waals surface area contributed by atoms with Crippen molar-refractivity contribution in [1.82, 2.24) is 14.9 Å². The second-order valence-electron chi connectivity index (χ2n) is 11.4. The van der Waals surface area contributed by atoms with E-state index in [9.17, 15) is 9.90 Å². The van der Waals surface area contributed by atoms with E-state index < -0.39 is 0 Å². The van der Waals surface area contributed by atoms with Crippen molar-refractivity contribution in [2.45, 2.75) is 64.0 Å². The van der Waals surface area contributed by atoms with Crippen molar-refractivity contribution in [2.75, 3.05) is 25.5 Å². The summed E-state index contributed by atoms with van der Waals surface area (Å²) in [5.41, 5.74) is 3.06. The molecule has 2 aromatic rings. The number of hydrogen-bond donors (Lipinski definition) is 2. The summed E-state index contributed by atoms with van der Waals surface area (Å²) in [6.45, 7) is 1.69. The van der Waals surface area contributed by atoms with Crippen LogP contribution in [0.5, 0.6) is 5.75 Å². The SMILES string of the molecule is COc1ccc(CC(=O)N2CCc3c(ncnc3NCC(O)C34CC5CC(CC(C5)C3)C4)C2)cc1. The molecule has 1 atom stereocenters. The Kier molecular flexibility index (Phi) is 5.91. The molecule has 4 saturated carbocycles. The summed E-state index contributed by atoms with van der Waals surface area (Å²) in [5, 5.41) is 14.8. The van der Waals surface area contributed by atoms with Crippen LogP contribution in [0.4, 0.5) is 5.82 Å². The van der Waals surface area contributed by atoms with Gasteiger partial charge in [-0.15, -0.1) is 0 Å². The van der Waals surface area contributed by atoms with E-state index in [0.717, 1.165) is 52.6 Å². The van der Waals surface area contributed by atoms with Crippen LogP contribution in [0.1, 0.15) is 55.3 Å². The quantitative estimate of drug-likeness (QED) is 0.635. The van der Waals surface area contributed by atoms with E-state index in [1.165, 1.54) is 38.5 Å². The van der Waals surface area contributed by atoms with Crippen molar-refractivity contribution < 1.29 is 14.6 Å². The lowest BCUT2D eigenvalue weighted by Gasteiger charge is -2.58. The highest BCUT2D eigenvalue weighted by atomic mass is 16.5. The third kappa shape index (κ3) is 4.39. The molecule has 2 heterocycles. The predicted molar refractivity (Wildman–Crippen MR) is 133 cm³/mol. The topological polar surface area (TPSA) is 87.6 Å². The molecule has 1 aliphatic heterocycles. The monoisotopic (exact) mass is 476 g/mol. The smallest absolute Gasteiger partial charge is 0.227 e. The van der Waals surface area contributed by atoms with E-state index in [0.29, 0.717) is 26.1 Å². The Balaban J connectivity index is 1.09. The summed E-state index contributed by atoms with van der Waals surface area (Å²) in [5.74, 6) is 4.18. The zero-order valence-corrected chi connectivity index (χ0v) is 20.6. The van der Waals surface area contributed by atoms with Gasteiger partial charge in [0.2, 0.25) is 5.91 Å². The molecule has 4 fully saturated rings. The van der Waals surface area contributed by atoms with Crippen LogP contribution in [0, 0.1) is 23.2 Å². The lowest BCUT2D eigenvalue weighted by molar-refractivity contribution is -0.131. The lowest BCUT2D eigenvalue weighted by atomic mass is 9.48. The molecule has 1 amide bonds. The van der Waals surface area contributed by atoms with Gasteiger partial charge in [-0.05, 0) is 85.8 Å². The normalized spacial score (nSPS) is 29.5. The molecule has 4 bridgehead atoms. The first-order chi connectivity index (χ1) is 17.0. The van der Waals surface area contributed by atoms with Gasteiger partial charge < -0.3 is 20.1 Å². The number of aliphatic hydroxyl groups is 1. The minimum atomic E-state index is -0.340. The Morgan fingerprint density at radius 2 is 1.83 bits per heavy atom. The molecule has 7 heteroatoms. The minimum absolute atomic E-state index is 0.0967. The van der Waals surface area contributed by atoms with Crippen molar-refractivity contribution in [1.29, 1.82) is 0 Å². The molecule has 186 valence electrons. The van der Waals surface area contributed by atoms with Crippen molar-refractivity contribution in [3.05, 3.63) is 47.4 Å². The van der Waals surface area contributed by atoms with E-state index in [-0.39, 0.29) is 17.4 Å². The molecular weight excluding hydrogens is 440 g/mol. The number of rotatable bonds is 7. The van der Waals surface area contributed by atoms with E-state index in [4.69, 9.17) is 4.74 Å². The Hall–Kier alpha value is -2.67. The van der Waals surface area contributed by atoms with Gasteiger partial charge in [0.1, 0.15) is 17.9 Å². The lowest BCUT2D eigenvalue weighted by Crippen LogP contribution is -2.53. The van der Waals surface area contributed by atoms with E-state index in [1.54, 1.807) is 13.4 Å². The molecule has 0 saturated heterocycles. The molecule has 2 N–H and O–H groups in total. The first kappa shape index (κ1) is 22.8. The maximum Gasteiger partial charge on any atom is 0.227 e. The van der Waals surface area contributed by atoms with E-state index in [2.05, 4.69) is 15.3 Å². The van der Waals surface area contributed by atoms with Crippen molar-refractivity contribution in [3.63, 3.8) is 0 Å². The molecule has 1 aromatic carbocycles. The molecule has 7 rings (SSSR count). The predicted octanol–water partition coefficient (Wildman–Crippen LogP) is 3.60. The summed E-state index contributed by atoms with van der Waals surface area (Å²) in [4.78, 5) is 23.8. The van der Waals surface area contributed by atoms with E-state index >= 15 is 0 Å². The fourth-order valence-electron chi connectivity index (χ4n) is 7.74. The first-order valence-electron chi connectivity index (χ1n) is 13.2. The van der Waals surface area contributed by atoms with Gasteiger partial charge >= 0.3 is 0 Å². The van der Waals surface area contributed by atoms with Gasteiger partial charge in [-0.3, -0.25) is 4.79 Å². The molecule has 0 radical (unpaired) electrons. The van der Waals surface area contributed by atoms with Crippen LogP contribution < -0.4 is 10.1 Å². The number of nitrogens with one attached hydrogen (secondary N) is 1. The van der Waals surface area contributed by atoms with Crippen molar-refractivity contribution in [2.24, 2.45) is 23.2 Å². The highest BCUT2D eigenvalue weighted by Gasteiger charge is 2.53. The highest BCUT2D eigenvalue weighted by Crippen LogP contribution is 2.61. The average Bonchev–Trinajstić information content (AvgIpc) is 2.86. The average molecular weight is 477 g/mol. The molecule has 5 aliphatic rings. The van der Waals surface area contributed by atoms with Gasteiger partial charge in [-0.25, -0.2) is 9.97 Å². The van der Waals surface area contributed by atoms with Crippen LogP contribution in [0.15, 0.2) is 30.6 Å². The standard InChI is InChI=1S/C28H36N4O3/c1-35-22-4-2-18(3-5-22)11-26(34)32-7-6-23-24(16-32)30-17-31-27(23)29-15-25(33)28-12-19-8-20(13-28)10-21(9-19)14-28/h2-5,17,19-21,25,33H,6-16H2,1H3,(H,29,30,31). The maximum atomic E-state index is 12.9. The van der Waals surface area contributed by atoms with Gasteiger partial charge in [0.25, 0.3) is 0 Å². The van der Waals surface area contributed by atoms with Gasteiger partial charge in [0.05, 0.1) is 31.9 Å². The van der Waals surface area contributed by atoms with E-state index in [1.807, 2.05) is 29.2 Å². The van der Waals surface area contributed by atoms with Gasteiger partial charge in [0, 0.05) is 18.7 Å². The zero-order valence-electron chi connectivity index (χ0n) is 20.6. The number of nitrogens with zero attached hydrogens (tertiary/aromatic N) is 3. The number of ether oxygens (including phenoxy) is 1. The highest BCUT2D eigenvalue weighted by molar-refractivity contribution is 5.79.